The number of aromatic nitrogens is 4. The van der Waals surface area contributed by atoms with E-state index in [2.05, 4.69) is 20.9 Å². The Balaban J connectivity index is 1.95. The number of nitrogens with zero attached hydrogens (tertiary/aromatic N) is 5. The smallest absolute Gasteiger partial charge is 0.248 e. The number of anilines is 2. The number of carbonyl (C=O) groups excluding carboxylic acids is 3. The van der Waals surface area contributed by atoms with Crippen LogP contribution in [-0.2, 0) is 16.0 Å². The topological polar surface area (TPSA) is 168 Å². The summed E-state index contributed by atoms with van der Waals surface area (Å²) in [7, 11) is 0. The van der Waals surface area contributed by atoms with Crippen molar-refractivity contribution in [3.63, 3.8) is 0 Å². The Hall–Kier alpha value is -4.06. The molecular weight excluding hydrogens is 488 g/mol. The number of hydrazine groups is 1. The molecule has 2 amide bonds. The zero-order valence-corrected chi connectivity index (χ0v) is 22.3. The minimum Gasteiger partial charge on any atom is -0.387 e. The highest BCUT2D eigenvalue weighted by molar-refractivity contribution is 6.00. The van der Waals surface area contributed by atoms with Crippen LogP contribution in [0.2, 0.25) is 0 Å². The lowest BCUT2D eigenvalue weighted by atomic mass is 10.0. The molecule has 5 N–H and O–H groups in total. The molecule has 0 saturated heterocycles. The molecule has 0 saturated carbocycles. The van der Waals surface area contributed by atoms with Crippen LogP contribution in [0.5, 0.6) is 0 Å². The lowest BCUT2D eigenvalue weighted by Gasteiger charge is -2.30. The molecule has 0 aromatic carbocycles. The maximum Gasteiger partial charge on any atom is 0.248 e. The molecule has 0 fully saturated rings. The molecule has 0 aliphatic carbocycles. The fraction of sp³-hybridized carbons (Fsp3) is 0.462. The van der Waals surface area contributed by atoms with Crippen molar-refractivity contribution in [2.24, 2.45) is 0 Å². The molecule has 0 spiro atoms. The highest BCUT2D eigenvalue weighted by Gasteiger charge is 2.24. The first-order valence-electron chi connectivity index (χ1n) is 12.8. The fourth-order valence-corrected chi connectivity index (χ4v) is 4.41. The summed E-state index contributed by atoms with van der Waals surface area (Å²) >= 11 is 0. The number of ketones is 1. The van der Waals surface area contributed by atoms with Crippen molar-refractivity contribution < 1.29 is 19.5 Å². The summed E-state index contributed by atoms with van der Waals surface area (Å²) in [5.74, 6) is -0.0250. The number of aryl methyl sites for hydroxylation is 1. The van der Waals surface area contributed by atoms with Crippen LogP contribution in [0, 0.1) is 0 Å². The van der Waals surface area contributed by atoms with Crippen LogP contribution >= 0.6 is 0 Å². The zero-order chi connectivity index (χ0) is 27.8. The molecule has 0 radical (unpaired) electrons. The lowest BCUT2D eigenvalue weighted by Crippen LogP contribution is -2.42. The minimum absolute atomic E-state index is 0.115. The summed E-state index contributed by atoms with van der Waals surface area (Å²) < 4.78 is 1.44. The number of aliphatic hydroxyl groups is 1. The van der Waals surface area contributed by atoms with Crippen molar-refractivity contribution in [2.75, 3.05) is 24.3 Å². The third-order valence-electron chi connectivity index (χ3n) is 6.38. The van der Waals surface area contributed by atoms with Crippen LogP contribution in [-0.4, -0.2) is 66.4 Å². The van der Waals surface area contributed by atoms with Gasteiger partial charge < -0.3 is 15.7 Å². The number of amides is 2. The Bertz CT molecular complexity index is 1290. The van der Waals surface area contributed by atoms with Crippen LogP contribution in [0.25, 0.3) is 16.8 Å². The first kappa shape index (κ1) is 28.5. The van der Waals surface area contributed by atoms with Crippen LogP contribution in [0.4, 0.5) is 11.6 Å². The summed E-state index contributed by atoms with van der Waals surface area (Å²) in [4.78, 5) is 47.2. The standard InChI is InChI=1S/C26H36N8O4/c1-5-12-33(23(38)15-35)18(6-2)9-10-20-24(16(4)36)25(27)34-26(30-20)19(14-29-34)17-8-11-21(28-13-17)31-32-22(37)7-3/h8,11,13-14,18,35H,5-7,9-10,12,15,27H2,1-4H3,(H,28,31)(H,32,37)/t18-/m1/s1. The van der Waals surface area contributed by atoms with Crippen molar-refractivity contribution in [3.8, 4) is 11.1 Å². The van der Waals surface area contributed by atoms with Gasteiger partial charge in [0.05, 0.1) is 17.5 Å². The van der Waals surface area contributed by atoms with Gasteiger partial charge >= 0.3 is 0 Å². The van der Waals surface area contributed by atoms with E-state index in [1.807, 2.05) is 19.9 Å². The summed E-state index contributed by atoms with van der Waals surface area (Å²) in [5, 5.41) is 13.8. The summed E-state index contributed by atoms with van der Waals surface area (Å²) in [6, 6.07) is 3.42. The molecule has 0 unspecified atom stereocenters. The SMILES string of the molecule is CCCN(C(=O)CO)[C@H](CC)CCc1nc2c(-c3ccc(NNC(=O)CC)nc3)cnn2c(N)c1C(C)=O. The molecule has 3 rings (SSSR count). The molecule has 0 aliphatic heterocycles. The van der Waals surface area contributed by atoms with Crippen LogP contribution in [0.15, 0.2) is 24.5 Å². The minimum atomic E-state index is -0.543. The molecule has 1 atom stereocenters. The van der Waals surface area contributed by atoms with Gasteiger partial charge in [-0.25, -0.2) is 9.97 Å². The van der Waals surface area contributed by atoms with Gasteiger partial charge in [-0.1, -0.05) is 20.8 Å². The third kappa shape index (κ3) is 6.25. The maximum absolute atomic E-state index is 12.6. The zero-order valence-electron chi connectivity index (χ0n) is 22.3. The number of pyridine rings is 1. The fourth-order valence-electron chi connectivity index (χ4n) is 4.41. The van der Waals surface area contributed by atoms with E-state index in [-0.39, 0.29) is 29.5 Å². The number of aliphatic hydroxyl groups excluding tert-OH is 1. The molecule has 3 heterocycles. The highest BCUT2D eigenvalue weighted by atomic mass is 16.3. The second kappa shape index (κ2) is 13.0. The van der Waals surface area contributed by atoms with E-state index in [1.165, 1.54) is 11.4 Å². The predicted molar refractivity (Wildman–Crippen MR) is 144 cm³/mol. The third-order valence-corrected chi connectivity index (χ3v) is 6.38. The van der Waals surface area contributed by atoms with Gasteiger partial charge in [0.15, 0.2) is 11.4 Å². The first-order chi connectivity index (χ1) is 18.2. The van der Waals surface area contributed by atoms with Crippen LogP contribution in [0.3, 0.4) is 0 Å². The lowest BCUT2D eigenvalue weighted by molar-refractivity contribution is -0.136. The molecule has 3 aromatic heterocycles. The number of nitrogens with two attached hydrogens (primary N) is 1. The van der Waals surface area contributed by atoms with Gasteiger partial charge in [0.25, 0.3) is 0 Å². The average molecular weight is 525 g/mol. The van der Waals surface area contributed by atoms with E-state index in [0.29, 0.717) is 60.5 Å². The van der Waals surface area contributed by atoms with E-state index >= 15 is 0 Å². The Kier molecular flexibility index (Phi) is 9.72. The Morgan fingerprint density at radius 1 is 1.18 bits per heavy atom. The van der Waals surface area contributed by atoms with Gasteiger partial charge in [-0.2, -0.15) is 9.61 Å². The number of nitrogens with one attached hydrogen (secondary N) is 2. The van der Waals surface area contributed by atoms with E-state index in [1.54, 1.807) is 30.3 Å². The summed E-state index contributed by atoms with van der Waals surface area (Å²) in [6.07, 6.45) is 6.03. The predicted octanol–water partition coefficient (Wildman–Crippen LogP) is 2.37. The van der Waals surface area contributed by atoms with Crippen molar-refractivity contribution >= 4 is 34.9 Å². The number of nitrogen functional groups attached to an aromatic ring is 1. The van der Waals surface area contributed by atoms with Gasteiger partial charge in [-0.3, -0.25) is 25.2 Å². The van der Waals surface area contributed by atoms with Crippen molar-refractivity contribution in [3.05, 3.63) is 35.8 Å². The summed E-state index contributed by atoms with van der Waals surface area (Å²) in [6.45, 7) is 7.16. The quantitative estimate of drug-likeness (QED) is 0.194. The van der Waals surface area contributed by atoms with Gasteiger partial charge in [-0.05, 0) is 44.7 Å². The molecule has 12 heteroatoms. The van der Waals surface area contributed by atoms with E-state index in [4.69, 9.17) is 10.7 Å². The molecule has 38 heavy (non-hydrogen) atoms. The van der Waals surface area contributed by atoms with Gasteiger partial charge in [-0.15, -0.1) is 0 Å². The van der Waals surface area contributed by atoms with Gasteiger partial charge in [0, 0.05) is 36.3 Å². The van der Waals surface area contributed by atoms with Crippen molar-refractivity contribution in [1.29, 1.82) is 0 Å². The van der Waals surface area contributed by atoms with Gasteiger partial charge in [0.1, 0.15) is 18.2 Å². The Morgan fingerprint density at radius 3 is 2.53 bits per heavy atom. The number of fused-ring (bicyclic) bond motifs is 1. The van der Waals surface area contributed by atoms with Crippen molar-refractivity contribution in [2.45, 2.75) is 65.8 Å². The largest absolute Gasteiger partial charge is 0.387 e. The molecular formula is C26H36N8O4. The number of rotatable bonds is 13. The van der Waals surface area contributed by atoms with E-state index in [0.717, 1.165) is 12.0 Å². The number of hydrogen-bond acceptors (Lipinski definition) is 9. The maximum atomic E-state index is 12.6. The monoisotopic (exact) mass is 524 g/mol. The molecule has 3 aromatic rings. The molecule has 0 aliphatic rings. The highest BCUT2D eigenvalue weighted by Crippen LogP contribution is 2.28. The molecule has 204 valence electrons. The van der Waals surface area contributed by atoms with E-state index in [9.17, 15) is 19.5 Å². The average Bonchev–Trinajstić information content (AvgIpc) is 3.35. The first-order valence-corrected chi connectivity index (χ1v) is 12.8. The van der Waals surface area contributed by atoms with Gasteiger partial charge in [0.2, 0.25) is 11.8 Å². The second-order valence-corrected chi connectivity index (χ2v) is 8.97. The Labute approximate surface area is 221 Å². The number of carbonyl (C=O) groups is 3. The molecule has 0 bridgehead atoms. The number of Topliss-reactive ketones (excluding diaryl/α,β-unsaturated/α-hetero) is 1. The second-order valence-electron chi connectivity index (χ2n) is 8.97. The number of hydrogen-bond donors (Lipinski definition) is 4. The van der Waals surface area contributed by atoms with Crippen LogP contribution in [0.1, 0.15) is 69.4 Å². The van der Waals surface area contributed by atoms with Crippen molar-refractivity contribution in [1.82, 2.24) is 29.9 Å². The Morgan fingerprint density at radius 2 is 1.95 bits per heavy atom. The van der Waals surface area contributed by atoms with E-state index < -0.39 is 6.61 Å². The van der Waals surface area contributed by atoms with Crippen LogP contribution < -0.4 is 16.6 Å². The summed E-state index contributed by atoms with van der Waals surface area (Å²) in [5.41, 5.74) is 14.5. The normalized spacial score (nSPS) is 11.8. The molecule has 12 nitrogen and oxygen atoms in total.